The summed E-state index contributed by atoms with van der Waals surface area (Å²) >= 11 is 0. The van der Waals surface area contributed by atoms with Gasteiger partial charge in [0.05, 0.1) is 12.3 Å². The maximum absolute atomic E-state index is 14.4. The number of rotatable bonds is 13. The lowest BCUT2D eigenvalue weighted by Gasteiger charge is -2.48. The third-order valence-electron chi connectivity index (χ3n) is 11.3. The summed E-state index contributed by atoms with van der Waals surface area (Å²) < 4.78 is 22.2. The van der Waals surface area contributed by atoms with Crippen molar-refractivity contribution >= 4 is 5.97 Å². The summed E-state index contributed by atoms with van der Waals surface area (Å²) in [5, 5.41) is 15.4. The van der Waals surface area contributed by atoms with Gasteiger partial charge < -0.3 is 14.7 Å². The average molecular weight is 631 g/mol. The zero-order valence-electron chi connectivity index (χ0n) is 27.8. The van der Waals surface area contributed by atoms with Crippen molar-refractivity contribution in [3.8, 4) is 5.75 Å². The van der Waals surface area contributed by atoms with Crippen LogP contribution in [0.25, 0.3) is 0 Å². The molecule has 1 saturated carbocycles. The van der Waals surface area contributed by atoms with Crippen LogP contribution in [0.1, 0.15) is 93.6 Å². The quantitative estimate of drug-likeness (QED) is 0.220. The van der Waals surface area contributed by atoms with E-state index in [4.69, 9.17) is 9.84 Å². The van der Waals surface area contributed by atoms with Gasteiger partial charge in [-0.1, -0.05) is 37.6 Å². The highest BCUT2D eigenvalue weighted by molar-refractivity contribution is 5.75. The number of benzene rings is 2. The Kier molecular flexibility index (Phi) is 10.1. The molecular weight excluding hydrogens is 579 g/mol. The second kappa shape index (κ2) is 14.3. The molecule has 3 aliphatic rings. The summed E-state index contributed by atoms with van der Waals surface area (Å²) in [4.78, 5) is 17.5. The standard InChI is InChI=1S/C38H51FN4O3/c1-4-38(17-8-18-38)36(37(44)45)42-25-30(34(26-42)29-9-7-10-31(39)22-29)24-41-19-15-28(16-20-41)35-23-32(40-43(35)5-2)21-27-11-13-33(14-12-27)46-6-3/h7,9-14,22-23,28,30,34,36H,4-6,8,15-21,24-26H2,1-3H3,(H,44,45)/t30-,34+,36-/m0/s1. The molecule has 3 atom stereocenters. The van der Waals surface area contributed by atoms with Gasteiger partial charge in [0.2, 0.25) is 0 Å². The van der Waals surface area contributed by atoms with Crippen LogP contribution in [0, 0.1) is 17.2 Å². The maximum Gasteiger partial charge on any atom is 0.321 e. The lowest BCUT2D eigenvalue weighted by atomic mass is 9.62. The molecule has 0 spiro atoms. The van der Waals surface area contributed by atoms with Crippen LogP contribution in [0.3, 0.4) is 0 Å². The Bertz CT molecular complexity index is 1460. The highest BCUT2D eigenvalue weighted by Gasteiger charge is 2.52. The molecule has 3 fully saturated rings. The summed E-state index contributed by atoms with van der Waals surface area (Å²) in [6, 6.07) is 17.2. The Morgan fingerprint density at radius 3 is 2.43 bits per heavy atom. The normalized spacial score (nSPS) is 22.9. The van der Waals surface area contributed by atoms with Crippen LogP contribution in [-0.4, -0.2) is 76.0 Å². The second-order valence-corrected chi connectivity index (χ2v) is 13.9. The molecule has 7 nitrogen and oxygen atoms in total. The third kappa shape index (κ3) is 6.89. The van der Waals surface area contributed by atoms with E-state index in [2.05, 4.69) is 46.5 Å². The minimum atomic E-state index is -0.699. The van der Waals surface area contributed by atoms with Gasteiger partial charge in [-0.25, -0.2) is 4.39 Å². The van der Waals surface area contributed by atoms with E-state index in [9.17, 15) is 14.3 Å². The summed E-state index contributed by atoms with van der Waals surface area (Å²) in [6.07, 6.45) is 6.92. The van der Waals surface area contributed by atoms with Gasteiger partial charge in [0.15, 0.2) is 0 Å². The van der Waals surface area contributed by atoms with Crippen molar-refractivity contribution in [2.75, 3.05) is 39.3 Å². The van der Waals surface area contributed by atoms with E-state index in [0.29, 0.717) is 19.1 Å². The highest BCUT2D eigenvalue weighted by Crippen LogP contribution is 2.50. The molecule has 2 aliphatic heterocycles. The number of hydrogen-bond acceptors (Lipinski definition) is 5. The zero-order chi connectivity index (χ0) is 32.3. The monoisotopic (exact) mass is 630 g/mol. The lowest BCUT2D eigenvalue weighted by molar-refractivity contribution is -0.152. The van der Waals surface area contributed by atoms with E-state index >= 15 is 0 Å². The molecule has 2 saturated heterocycles. The minimum absolute atomic E-state index is 0.121. The van der Waals surface area contributed by atoms with Crippen molar-refractivity contribution in [1.29, 1.82) is 0 Å². The van der Waals surface area contributed by atoms with E-state index < -0.39 is 12.0 Å². The molecule has 248 valence electrons. The molecule has 0 amide bonds. The van der Waals surface area contributed by atoms with Gasteiger partial charge in [0.1, 0.15) is 17.6 Å². The number of aromatic nitrogens is 2. The largest absolute Gasteiger partial charge is 0.494 e. The van der Waals surface area contributed by atoms with E-state index in [1.165, 1.54) is 17.3 Å². The number of carboxylic acids is 1. The fourth-order valence-corrected chi connectivity index (χ4v) is 8.65. The van der Waals surface area contributed by atoms with Crippen LogP contribution in [-0.2, 0) is 17.8 Å². The Morgan fingerprint density at radius 1 is 1.07 bits per heavy atom. The Morgan fingerprint density at radius 2 is 1.83 bits per heavy atom. The first-order valence-electron chi connectivity index (χ1n) is 17.6. The van der Waals surface area contributed by atoms with Crippen LogP contribution in [0.5, 0.6) is 5.75 Å². The summed E-state index contributed by atoms with van der Waals surface area (Å²) in [5.41, 5.74) is 4.53. The van der Waals surface area contributed by atoms with Gasteiger partial charge in [-0.2, -0.15) is 5.10 Å². The fourth-order valence-electron chi connectivity index (χ4n) is 8.65. The molecule has 8 heteroatoms. The lowest BCUT2D eigenvalue weighted by Crippen LogP contribution is -2.55. The van der Waals surface area contributed by atoms with Gasteiger partial charge in [-0.15, -0.1) is 0 Å². The first-order valence-corrected chi connectivity index (χ1v) is 17.6. The number of hydrogen-bond donors (Lipinski definition) is 1. The number of likely N-dealkylation sites (tertiary alicyclic amines) is 2. The SMILES string of the molecule is CCOc1ccc(Cc2cc(C3CCN(C[C@H]4CN([C@@H](C(=O)O)C5(CC)CCC5)C[C@@H]4c4cccc(F)c4)CC3)n(CC)n2)cc1. The maximum atomic E-state index is 14.4. The molecule has 1 aliphatic carbocycles. The predicted octanol–water partition coefficient (Wildman–Crippen LogP) is 6.96. The predicted molar refractivity (Wildman–Crippen MR) is 179 cm³/mol. The van der Waals surface area contributed by atoms with Crippen LogP contribution in [0.2, 0.25) is 0 Å². The van der Waals surface area contributed by atoms with Crippen molar-refractivity contribution in [3.05, 3.63) is 82.9 Å². The number of piperidine rings is 1. The molecular formula is C38H51FN4O3. The van der Waals surface area contributed by atoms with Gasteiger partial charge in [-0.3, -0.25) is 14.4 Å². The van der Waals surface area contributed by atoms with Crippen molar-refractivity contribution in [2.24, 2.45) is 11.3 Å². The summed E-state index contributed by atoms with van der Waals surface area (Å²) in [7, 11) is 0. The Labute approximate surface area is 273 Å². The average Bonchev–Trinajstić information content (AvgIpc) is 3.64. The van der Waals surface area contributed by atoms with E-state index in [1.54, 1.807) is 12.1 Å². The first kappa shape index (κ1) is 32.7. The smallest absolute Gasteiger partial charge is 0.321 e. The van der Waals surface area contributed by atoms with Gasteiger partial charge in [0.25, 0.3) is 0 Å². The second-order valence-electron chi connectivity index (χ2n) is 13.9. The third-order valence-corrected chi connectivity index (χ3v) is 11.3. The molecule has 46 heavy (non-hydrogen) atoms. The molecule has 1 aromatic heterocycles. The van der Waals surface area contributed by atoms with E-state index in [1.807, 2.05) is 25.1 Å². The Hall–Kier alpha value is -3.23. The van der Waals surface area contributed by atoms with Crippen molar-refractivity contribution in [3.63, 3.8) is 0 Å². The van der Waals surface area contributed by atoms with Crippen molar-refractivity contribution in [2.45, 2.75) is 90.1 Å². The molecule has 3 heterocycles. The zero-order valence-corrected chi connectivity index (χ0v) is 27.8. The molecule has 2 aromatic carbocycles. The molecule has 0 unspecified atom stereocenters. The highest BCUT2D eigenvalue weighted by atomic mass is 19.1. The number of carbonyl (C=O) groups is 1. The number of carboxylic acid groups (broad SMARTS) is 1. The van der Waals surface area contributed by atoms with Gasteiger partial charge >= 0.3 is 5.97 Å². The number of aryl methyl sites for hydroxylation is 1. The fraction of sp³-hybridized carbons (Fsp3) is 0.579. The number of nitrogens with zero attached hydrogens (tertiary/aromatic N) is 4. The molecule has 6 rings (SSSR count). The summed E-state index contributed by atoms with van der Waals surface area (Å²) in [6.45, 7) is 12.2. The first-order chi connectivity index (χ1) is 22.3. The Balaban J connectivity index is 1.12. The van der Waals surface area contributed by atoms with Gasteiger partial charge in [-0.05, 0) is 112 Å². The summed E-state index contributed by atoms with van der Waals surface area (Å²) in [5.74, 6) is 0.831. The molecule has 1 N–H and O–H groups in total. The van der Waals surface area contributed by atoms with Crippen LogP contribution in [0.15, 0.2) is 54.6 Å². The van der Waals surface area contributed by atoms with Crippen molar-refractivity contribution < 1.29 is 19.0 Å². The van der Waals surface area contributed by atoms with E-state index in [0.717, 1.165) is 94.7 Å². The number of ether oxygens (including phenoxy) is 1. The molecule has 3 aromatic rings. The van der Waals surface area contributed by atoms with E-state index in [-0.39, 0.29) is 23.1 Å². The van der Waals surface area contributed by atoms with Crippen LogP contribution in [0.4, 0.5) is 4.39 Å². The molecule has 0 bridgehead atoms. The van der Waals surface area contributed by atoms with Crippen LogP contribution >= 0.6 is 0 Å². The van der Waals surface area contributed by atoms with Crippen molar-refractivity contribution in [1.82, 2.24) is 19.6 Å². The van der Waals surface area contributed by atoms with Gasteiger partial charge in [0, 0.05) is 50.1 Å². The topological polar surface area (TPSA) is 70.8 Å². The molecule has 0 radical (unpaired) electrons. The number of halogens is 1. The number of aliphatic carboxylic acids is 1. The minimum Gasteiger partial charge on any atom is -0.494 e. The van der Waals surface area contributed by atoms with Crippen LogP contribution < -0.4 is 4.74 Å².